The van der Waals surface area contributed by atoms with Crippen molar-refractivity contribution in [2.75, 3.05) is 6.54 Å². The standard InChI is InChI=1S/C14H19N3S2/c15-7-6-11-17-12(14-16-8-9-18-14)13(19-11)10-4-2-1-3-5-10/h8-10H,1-7,15H2. The third-order valence-corrected chi connectivity index (χ3v) is 5.72. The van der Waals surface area contributed by atoms with Crippen molar-refractivity contribution in [3.8, 4) is 10.7 Å². The Bertz CT molecular complexity index is 513. The van der Waals surface area contributed by atoms with Gasteiger partial charge in [-0.15, -0.1) is 22.7 Å². The van der Waals surface area contributed by atoms with Gasteiger partial charge in [0.05, 0.1) is 5.01 Å². The fourth-order valence-electron chi connectivity index (χ4n) is 2.74. The van der Waals surface area contributed by atoms with E-state index in [1.807, 2.05) is 22.9 Å². The number of hydrogen-bond donors (Lipinski definition) is 1. The Morgan fingerprint density at radius 3 is 2.79 bits per heavy atom. The van der Waals surface area contributed by atoms with Crippen LogP contribution in [0.1, 0.15) is 47.9 Å². The van der Waals surface area contributed by atoms with Crippen LogP contribution in [0.25, 0.3) is 10.7 Å². The summed E-state index contributed by atoms with van der Waals surface area (Å²) in [5.74, 6) is 0.691. The molecule has 3 nitrogen and oxygen atoms in total. The van der Waals surface area contributed by atoms with Crippen LogP contribution in [0.2, 0.25) is 0 Å². The first-order valence-electron chi connectivity index (χ1n) is 6.98. The van der Waals surface area contributed by atoms with Crippen LogP contribution in [0.4, 0.5) is 0 Å². The molecule has 0 radical (unpaired) electrons. The summed E-state index contributed by atoms with van der Waals surface area (Å²) in [7, 11) is 0. The molecule has 0 saturated heterocycles. The number of thiazole rings is 2. The van der Waals surface area contributed by atoms with Crippen LogP contribution in [0.15, 0.2) is 11.6 Å². The van der Waals surface area contributed by atoms with E-state index >= 15 is 0 Å². The number of nitrogens with zero attached hydrogens (tertiary/aromatic N) is 2. The van der Waals surface area contributed by atoms with E-state index < -0.39 is 0 Å². The van der Waals surface area contributed by atoms with Crippen molar-refractivity contribution in [1.29, 1.82) is 0 Å². The summed E-state index contributed by atoms with van der Waals surface area (Å²) in [6, 6.07) is 0. The molecule has 0 bridgehead atoms. The van der Waals surface area contributed by atoms with Gasteiger partial charge in [0, 0.05) is 22.9 Å². The highest BCUT2D eigenvalue weighted by Gasteiger charge is 2.24. The van der Waals surface area contributed by atoms with Crippen molar-refractivity contribution in [2.45, 2.75) is 44.4 Å². The van der Waals surface area contributed by atoms with Gasteiger partial charge in [-0.2, -0.15) is 0 Å². The van der Waals surface area contributed by atoms with E-state index in [9.17, 15) is 0 Å². The van der Waals surface area contributed by atoms with Gasteiger partial charge in [0.25, 0.3) is 0 Å². The fourth-order valence-corrected chi connectivity index (χ4v) is 4.70. The van der Waals surface area contributed by atoms with E-state index in [1.165, 1.54) is 42.0 Å². The normalized spacial score (nSPS) is 16.9. The summed E-state index contributed by atoms with van der Waals surface area (Å²) in [6.07, 6.45) is 9.46. The third kappa shape index (κ3) is 2.88. The van der Waals surface area contributed by atoms with Gasteiger partial charge in [0.2, 0.25) is 0 Å². The van der Waals surface area contributed by atoms with Gasteiger partial charge < -0.3 is 5.73 Å². The van der Waals surface area contributed by atoms with E-state index in [2.05, 4.69) is 4.98 Å². The lowest BCUT2D eigenvalue weighted by Gasteiger charge is -2.20. The fraction of sp³-hybridized carbons (Fsp3) is 0.571. The number of hydrogen-bond acceptors (Lipinski definition) is 5. The molecule has 0 aliphatic heterocycles. The Labute approximate surface area is 121 Å². The lowest BCUT2D eigenvalue weighted by molar-refractivity contribution is 0.448. The lowest BCUT2D eigenvalue weighted by atomic mass is 9.87. The minimum atomic E-state index is 0.676. The molecular formula is C14H19N3S2. The van der Waals surface area contributed by atoms with Crippen molar-refractivity contribution in [3.63, 3.8) is 0 Å². The van der Waals surface area contributed by atoms with E-state index in [-0.39, 0.29) is 0 Å². The second kappa shape index (κ2) is 6.11. The van der Waals surface area contributed by atoms with Crippen LogP contribution in [-0.2, 0) is 6.42 Å². The molecule has 5 heteroatoms. The molecule has 102 valence electrons. The monoisotopic (exact) mass is 293 g/mol. The molecule has 0 atom stereocenters. The maximum atomic E-state index is 5.67. The minimum Gasteiger partial charge on any atom is -0.330 e. The SMILES string of the molecule is NCCc1nc(-c2nccs2)c(C2CCCCC2)s1. The van der Waals surface area contributed by atoms with Crippen LogP contribution in [0, 0.1) is 0 Å². The van der Waals surface area contributed by atoms with Gasteiger partial charge in [-0.3, -0.25) is 0 Å². The molecule has 1 fully saturated rings. The molecule has 2 aromatic rings. The molecule has 0 spiro atoms. The molecule has 0 unspecified atom stereocenters. The Hall–Kier alpha value is -0.780. The topological polar surface area (TPSA) is 51.8 Å². The van der Waals surface area contributed by atoms with Crippen LogP contribution in [-0.4, -0.2) is 16.5 Å². The van der Waals surface area contributed by atoms with Gasteiger partial charge in [0.1, 0.15) is 10.7 Å². The van der Waals surface area contributed by atoms with Gasteiger partial charge in [-0.25, -0.2) is 9.97 Å². The maximum absolute atomic E-state index is 5.67. The highest BCUT2D eigenvalue weighted by molar-refractivity contribution is 7.14. The van der Waals surface area contributed by atoms with Gasteiger partial charge in [-0.05, 0) is 25.3 Å². The first kappa shape index (κ1) is 13.2. The van der Waals surface area contributed by atoms with Crippen molar-refractivity contribution < 1.29 is 0 Å². The number of aromatic nitrogens is 2. The second-order valence-corrected chi connectivity index (χ2v) is 7.04. The molecule has 0 aromatic carbocycles. The molecule has 2 heterocycles. The minimum absolute atomic E-state index is 0.676. The summed E-state index contributed by atoms with van der Waals surface area (Å²) in [5, 5.41) is 4.27. The predicted octanol–water partition coefficient (Wildman–Crippen LogP) is 3.82. The number of nitrogens with two attached hydrogens (primary N) is 1. The molecule has 1 aliphatic carbocycles. The first-order valence-corrected chi connectivity index (χ1v) is 8.67. The Balaban J connectivity index is 1.95. The van der Waals surface area contributed by atoms with E-state index in [1.54, 1.807) is 11.3 Å². The molecule has 0 amide bonds. The summed E-state index contributed by atoms with van der Waals surface area (Å²) in [5.41, 5.74) is 6.81. The molecule has 1 saturated carbocycles. The Morgan fingerprint density at radius 1 is 1.26 bits per heavy atom. The van der Waals surface area contributed by atoms with Crippen molar-refractivity contribution in [3.05, 3.63) is 21.5 Å². The zero-order chi connectivity index (χ0) is 13.1. The van der Waals surface area contributed by atoms with Crippen LogP contribution in [0.3, 0.4) is 0 Å². The summed E-state index contributed by atoms with van der Waals surface area (Å²) < 4.78 is 0. The zero-order valence-corrected chi connectivity index (χ0v) is 12.6. The average Bonchev–Trinajstić information content (AvgIpc) is 3.08. The summed E-state index contributed by atoms with van der Waals surface area (Å²) >= 11 is 3.55. The molecular weight excluding hydrogens is 274 g/mol. The maximum Gasteiger partial charge on any atom is 0.142 e. The van der Waals surface area contributed by atoms with E-state index in [0.717, 1.165) is 17.1 Å². The zero-order valence-electron chi connectivity index (χ0n) is 11.0. The molecule has 1 aliphatic rings. The van der Waals surface area contributed by atoms with Crippen molar-refractivity contribution in [2.24, 2.45) is 5.73 Å². The van der Waals surface area contributed by atoms with Gasteiger partial charge >= 0.3 is 0 Å². The molecule has 2 N–H and O–H groups in total. The largest absolute Gasteiger partial charge is 0.330 e. The lowest BCUT2D eigenvalue weighted by Crippen LogP contribution is -2.03. The first-order chi connectivity index (χ1) is 9.38. The van der Waals surface area contributed by atoms with Crippen LogP contribution < -0.4 is 5.73 Å². The predicted molar refractivity (Wildman–Crippen MR) is 81.8 cm³/mol. The van der Waals surface area contributed by atoms with Crippen LogP contribution in [0.5, 0.6) is 0 Å². The van der Waals surface area contributed by atoms with Crippen molar-refractivity contribution >= 4 is 22.7 Å². The third-order valence-electron chi connectivity index (χ3n) is 3.67. The second-order valence-electron chi connectivity index (χ2n) is 5.03. The number of rotatable bonds is 4. The van der Waals surface area contributed by atoms with Crippen molar-refractivity contribution in [1.82, 2.24) is 9.97 Å². The van der Waals surface area contributed by atoms with E-state index in [4.69, 9.17) is 10.7 Å². The van der Waals surface area contributed by atoms with E-state index in [0.29, 0.717) is 12.5 Å². The van der Waals surface area contributed by atoms with Crippen LogP contribution >= 0.6 is 22.7 Å². The summed E-state index contributed by atoms with van der Waals surface area (Å²) in [6.45, 7) is 0.676. The highest BCUT2D eigenvalue weighted by atomic mass is 32.1. The summed E-state index contributed by atoms with van der Waals surface area (Å²) in [4.78, 5) is 10.7. The Kier molecular flexibility index (Phi) is 4.25. The molecule has 2 aromatic heterocycles. The molecule has 19 heavy (non-hydrogen) atoms. The highest BCUT2D eigenvalue weighted by Crippen LogP contribution is 2.41. The Morgan fingerprint density at radius 2 is 2.11 bits per heavy atom. The van der Waals surface area contributed by atoms with Gasteiger partial charge in [0.15, 0.2) is 0 Å². The quantitative estimate of drug-likeness (QED) is 0.932. The average molecular weight is 293 g/mol. The van der Waals surface area contributed by atoms with Gasteiger partial charge in [-0.1, -0.05) is 19.3 Å². The smallest absolute Gasteiger partial charge is 0.142 e. The molecule has 3 rings (SSSR count).